The van der Waals surface area contributed by atoms with E-state index < -0.39 is 28.6 Å². The Bertz CT molecular complexity index is 1210. The highest BCUT2D eigenvalue weighted by molar-refractivity contribution is 6.10. The second-order valence-electron chi connectivity index (χ2n) is 11.5. The van der Waals surface area contributed by atoms with Crippen molar-refractivity contribution in [3.63, 3.8) is 0 Å². The predicted molar refractivity (Wildman–Crippen MR) is 135 cm³/mol. The Labute approximate surface area is 216 Å². The molecular weight excluding hydrogens is 475 g/mol. The van der Waals surface area contributed by atoms with Crippen LogP contribution < -0.4 is 5.32 Å². The third-order valence-electron chi connectivity index (χ3n) is 7.52. The molecule has 9 heteroatoms. The van der Waals surface area contributed by atoms with E-state index in [9.17, 15) is 23.6 Å². The highest BCUT2D eigenvalue weighted by Gasteiger charge is 2.48. The molecule has 4 rings (SSSR count). The zero-order valence-corrected chi connectivity index (χ0v) is 22.0. The molecule has 2 aliphatic rings. The van der Waals surface area contributed by atoms with E-state index in [1.54, 1.807) is 25.7 Å². The summed E-state index contributed by atoms with van der Waals surface area (Å²) in [5.74, 6) is -1.51. The van der Waals surface area contributed by atoms with E-state index in [2.05, 4.69) is 15.3 Å². The second kappa shape index (κ2) is 9.76. The normalized spacial score (nSPS) is 18.3. The van der Waals surface area contributed by atoms with Crippen molar-refractivity contribution in [3.8, 4) is 11.4 Å². The molecule has 1 aliphatic heterocycles. The number of nitrogens with one attached hydrogen (secondary N) is 1. The summed E-state index contributed by atoms with van der Waals surface area (Å²) < 4.78 is 13.2. The first-order valence-electron chi connectivity index (χ1n) is 12.5. The lowest BCUT2D eigenvalue weighted by Crippen LogP contribution is -2.52. The van der Waals surface area contributed by atoms with E-state index in [0.29, 0.717) is 42.9 Å². The van der Waals surface area contributed by atoms with Gasteiger partial charge in [0, 0.05) is 36.9 Å². The van der Waals surface area contributed by atoms with Crippen molar-refractivity contribution in [2.75, 3.05) is 13.1 Å². The number of hydrogen-bond acceptors (Lipinski definition) is 6. The lowest BCUT2D eigenvalue weighted by atomic mass is 9.62. The molecule has 0 bridgehead atoms. The number of urea groups is 1. The van der Waals surface area contributed by atoms with E-state index in [0.717, 1.165) is 23.5 Å². The number of ketones is 2. The van der Waals surface area contributed by atoms with Crippen molar-refractivity contribution >= 4 is 23.5 Å². The molecule has 1 saturated carbocycles. The molecule has 3 amide bonds. The second-order valence-corrected chi connectivity index (χ2v) is 11.5. The quantitative estimate of drug-likeness (QED) is 0.607. The number of aryl methyl sites for hydroxylation is 2. The van der Waals surface area contributed by atoms with Crippen molar-refractivity contribution in [2.24, 2.45) is 10.8 Å². The van der Waals surface area contributed by atoms with Gasteiger partial charge in [-0.2, -0.15) is 0 Å². The van der Waals surface area contributed by atoms with Gasteiger partial charge in [-0.25, -0.2) is 19.2 Å². The smallest absolute Gasteiger partial charge is 0.324 e. The van der Waals surface area contributed by atoms with Gasteiger partial charge in [-0.3, -0.25) is 19.7 Å². The Kier molecular flexibility index (Phi) is 7.01. The van der Waals surface area contributed by atoms with Gasteiger partial charge in [0.1, 0.15) is 17.5 Å². The molecule has 196 valence electrons. The van der Waals surface area contributed by atoms with Crippen LogP contribution in [0, 0.1) is 30.5 Å². The van der Waals surface area contributed by atoms with E-state index in [4.69, 9.17) is 0 Å². The van der Waals surface area contributed by atoms with Gasteiger partial charge < -0.3 is 4.90 Å². The monoisotopic (exact) mass is 508 g/mol. The van der Waals surface area contributed by atoms with E-state index in [-0.39, 0.29) is 30.3 Å². The number of rotatable bonds is 2. The predicted octanol–water partition coefficient (Wildman–Crippen LogP) is 4.28. The molecule has 1 N–H and O–H groups in total. The van der Waals surface area contributed by atoms with E-state index in [1.807, 2.05) is 26.0 Å². The van der Waals surface area contributed by atoms with Gasteiger partial charge in [-0.1, -0.05) is 20.8 Å². The maximum atomic E-state index is 13.4. The average Bonchev–Trinajstić information content (AvgIpc) is 2.80. The topological polar surface area (TPSA) is 109 Å². The summed E-state index contributed by atoms with van der Waals surface area (Å²) in [6, 6.07) is 3.23. The van der Waals surface area contributed by atoms with Gasteiger partial charge in [-0.15, -0.1) is 0 Å². The number of imide groups is 1. The molecular formula is C28H33FN4O4. The number of aromatic nitrogens is 2. The summed E-state index contributed by atoms with van der Waals surface area (Å²) in [6.07, 6.45) is 3.83. The Hall–Kier alpha value is -3.49. The van der Waals surface area contributed by atoms with Crippen LogP contribution >= 0.6 is 0 Å². The van der Waals surface area contributed by atoms with Crippen LogP contribution in [0.5, 0.6) is 0 Å². The van der Waals surface area contributed by atoms with Crippen molar-refractivity contribution < 1.29 is 23.6 Å². The SMILES string of the molecule is Cc1cc(-c2ncc(F)cn2)cc(C)c1C1C(=O)CC2(CCN(C(=O)NC(=O)C(C)(C)C)CC2)CC1=O. The van der Waals surface area contributed by atoms with Crippen LogP contribution in [0.25, 0.3) is 11.4 Å². The Morgan fingerprint density at radius 3 is 2.00 bits per heavy atom. The standard InChI is InChI=1S/C28H33FN4O4/c1-16-10-18(24-30-14-19(29)15-31-24)11-17(2)22(16)23-20(34)12-28(13-21(23)35)6-8-33(9-7-28)26(37)32-25(36)27(3,4)5/h10-11,14-15,23H,6-9,12-13H2,1-5H3,(H,32,36,37). The fourth-order valence-electron chi connectivity index (χ4n) is 5.43. The van der Waals surface area contributed by atoms with E-state index in [1.165, 1.54) is 0 Å². The van der Waals surface area contributed by atoms with Crippen LogP contribution in [0.1, 0.15) is 69.1 Å². The molecule has 1 spiro atoms. The maximum Gasteiger partial charge on any atom is 0.324 e. The van der Waals surface area contributed by atoms with Gasteiger partial charge in [0.05, 0.1) is 12.4 Å². The van der Waals surface area contributed by atoms with Crippen LogP contribution in [0.4, 0.5) is 9.18 Å². The summed E-state index contributed by atoms with van der Waals surface area (Å²) in [7, 11) is 0. The van der Waals surface area contributed by atoms with Crippen molar-refractivity contribution in [3.05, 3.63) is 47.0 Å². The average molecular weight is 509 g/mol. The molecule has 2 heterocycles. The highest BCUT2D eigenvalue weighted by atomic mass is 19.1. The summed E-state index contributed by atoms with van der Waals surface area (Å²) in [6.45, 7) is 9.71. The lowest BCUT2D eigenvalue weighted by Gasteiger charge is -2.44. The van der Waals surface area contributed by atoms with Gasteiger partial charge in [-0.05, 0) is 60.9 Å². The number of nitrogens with zero attached hydrogens (tertiary/aromatic N) is 3. The molecule has 1 saturated heterocycles. The number of hydrogen-bond donors (Lipinski definition) is 1. The first-order chi connectivity index (χ1) is 17.3. The Morgan fingerprint density at radius 1 is 1.00 bits per heavy atom. The number of Topliss-reactive ketones (excluding diaryl/α,β-unsaturated/α-hetero) is 2. The molecule has 37 heavy (non-hydrogen) atoms. The number of piperidine rings is 1. The number of halogens is 1. The Morgan fingerprint density at radius 2 is 1.51 bits per heavy atom. The number of benzene rings is 1. The fraction of sp³-hybridized carbons (Fsp3) is 0.500. The van der Waals surface area contributed by atoms with E-state index >= 15 is 0 Å². The number of carbonyl (C=O) groups is 4. The van der Waals surface area contributed by atoms with Crippen LogP contribution in [-0.2, 0) is 14.4 Å². The number of likely N-dealkylation sites (tertiary alicyclic amines) is 1. The summed E-state index contributed by atoms with van der Waals surface area (Å²) in [5, 5.41) is 2.45. The third kappa shape index (κ3) is 5.45. The number of carbonyl (C=O) groups excluding carboxylic acids is 4. The summed E-state index contributed by atoms with van der Waals surface area (Å²) in [4.78, 5) is 61.2. The zero-order chi connectivity index (χ0) is 27.1. The van der Waals surface area contributed by atoms with Crippen molar-refractivity contribution in [1.82, 2.24) is 20.2 Å². The van der Waals surface area contributed by atoms with Crippen LogP contribution in [0.15, 0.2) is 24.5 Å². The summed E-state index contributed by atoms with van der Waals surface area (Å²) in [5.41, 5.74) is 1.86. The zero-order valence-electron chi connectivity index (χ0n) is 22.0. The largest absolute Gasteiger partial charge is 0.324 e. The minimum atomic E-state index is -0.820. The minimum Gasteiger partial charge on any atom is -0.324 e. The molecule has 0 unspecified atom stereocenters. The summed E-state index contributed by atoms with van der Waals surface area (Å²) >= 11 is 0. The molecule has 1 aliphatic carbocycles. The van der Waals surface area contributed by atoms with Gasteiger partial charge in [0.25, 0.3) is 0 Å². The molecule has 1 aromatic carbocycles. The van der Waals surface area contributed by atoms with Crippen LogP contribution in [-0.4, -0.2) is 51.5 Å². The Balaban J connectivity index is 1.47. The third-order valence-corrected chi connectivity index (χ3v) is 7.52. The molecule has 0 atom stereocenters. The van der Waals surface area contributed by atoms with Crippen LogP contribution in [0.2, 0.25) is 0 Å². The van der Waals surface area contributed by atoms with Crippen LogP contribution in [0.3, 0.4) is 0 Å². The fourth-order valence-corrected chi connectivity index (χ4v) is 5.43. The van der Waals surface area contributed by atoms with Gasteiger partial charge in [0.15, 0.2) is 11.6 Å². The van der Waals surface area contributed by atoms with Crippen molar-refractivity contribution in [2.45, 2.75) is 66.2 Å². The minimum absolute atomic E-state index is 0.103. The lowest BCUT2D eigenvalue weighted by molar-refractivity contribution is -0.138. The van der Waals surface area contributed by atoms with Crippen molar-refractivity contribution in [1.29, 1.82) is 0 Å². The van der Waals surface area contributed by atoms with Gasteiger partial charge in [0.2, 0.25) is 5.91 Å². The molecule has 1 aromatic heterocycles. The number of amides is 3. The van der Waals surface area contributed by atoms with Gasteiger partial charge >= 0.3 is 6.03 Å². The molecule has 2 fully saturated rings. The molecule has 8 nitrogen and oxygen atoms in total. The maximum absolute atomic E-state index is 13.4. The molecule has 0 radical (unpaired) electrons. The first kappa shape index (κ1) is 26.6. The highest BCUT2D eigenvalue weighted by Crippen LogP contribution is 2.47. The first-order valence-corrected chi connectivity index (χ1v) is 12.5. The molecule has 2 aromatic rings.